The Morgan fingerprint density at radius 3 is 2.73 bits per heavy atom. The zero-order valence-corrected chi connectivity index (χ0v) is 9.72. The molecule has 0 aliphatic rings. The lowest BCUT2D eigenvalue weighted by molar-refractivity contribution is 0.101. The Labute approximate surface area is 96.4 Å². The second-order valence-electron chi connectivity index (χ2n) is 2.91. The van der Waals surface area contributed by atoms with Crippen molar-refractivity contribution in [1.82, 2.24) is 19.8 Å². The van der Waals surface area contributed by atoms with Crippen molar-refractivity contribution in [2.75, 3.05) is 0 Å². The van der Waals surface area contributed by atoms with Crippen LogP contribution in [0.15, 0.2) is 6.07 Å². The topological polar surface area (TPSA) is 43.1 Å². The third-order valence-electron chi connectivity index (χ3n) is 1.78. The fourth-order valence-electron chi connectivity index (χ4n) is 1.08. The maximum atomic E-state index is 13.0. The number of fused-ring (bicyclic) bond motifs is 1. The Kier molecular flexibility index (Phi) is 2.38. The predicted molar refractivity (Wildman–Crippen MR) is 53.4 cm³/mol. The molecule has 2 aromatic rings. The lowest BCUT2D eigenvalue weighted by Crippen LogP contribution is -2.10. The third-order valence-corrected chi connectivity index (χ3v) is 2.51. The molecule has 0 N–H and O–H groups in total. The van der Waals surface area contributed by atoms with E-state index in [1.54, 1.807) is 6.92 Å². The van der Waals surface area contributed by atoms with Gasteiger partial charge in [0.1, 0.15) is 0 Å². The van der Waals surface area contributed by atoms with Crippen molar-refractivity contribution in [2.45, 2.75) is 11.8 Å². The quantitative estimate of drug-likeness (QED) is 0.760. The number of alkyl halides is 3. The van der Waals surface area contributed by atoms with Gasteiger partial charge in [-0.3, -0.25) is 0 Å². The predicted octanol–water partition coefficient (Wildman–Crippen LogP) is 2.53. The summed E-state index contributed by atoms with van der Waals surface area (Å²) in [5.41, 5.74) is 0.882. The van der Waals surface area contributed by atoms with Crippen molar-refractivity contribution in [3.63, 3.8) is 0 Å². The minimum Gasteiger partial charge on any atom is -0.189 e. The van der Waals surface area contributed by atoms with Gasteiger partial charge in [0.25, 0.3) is 0 Å². The molecule has 0 amide bonds. The normalized spacial score (nSPS) is 12.3. The van der Waals surface area contributed by atoms with Crippen LogP contribution >= 0.6 is 27.5 Å². The molecule has 8 heteroatoms. The third kappa shape index (κ3) is 1.81. The van der Waals surface area contributed by atoms with E-state index in [2.05, 4.69) is 31.2 Å². The van der Waals surface area contributed by atoms with Crippen LogP contribution in [0.1, 0.15) is 11.4 Å². The molecule has 0 saturated carbocycles. The minimum atomic E-state index is -3.28. The zero-order chi connectivity index (χ0) is 11.2. The van der Waals surface area contributed by atoms with Crippen LogP contribution in [-0.4, -0.2) is 19.8 Å². The van der Waals surface area contributed by atoms with E-state index < -0.39 is 10.7 Å². The summed E-state index contributed by atoms with van der Waals surface area (Å²) in [4.78, 5) is -3.28. The van der Waals surface area contributed by atoms with Crippen molar-refractivity contribution >= 4 is 33.2 Å². The fourth-order valence-corrected chi connectivity index (χ4v) is 1.45. The first-order valence-electron chi connectivity index (χ1n) is 3.85. The second-order valence-corrected chi connectivity index (χ2v) is 4.26. The lowest BCUT2D eigenvalue weighted by atomic mass is 10.3. The van der Waals surface area contributed by atoms with Gasteiger partial charge < -0.3 is 0 Å². The Bertz CT molecular complexity index is 521. The molecule has 15 heavy (non-hydrogen) atoms. The van der Waals surface area contributed by atoms with E-state index in [9.17, 15) is 8.78 Å². The van der Waals surface area contributed by atoms with Gasteiger partial charge in [-0.15, -0.1) is 10.2 Å². The van der Waals surface area contributed by atoms with Crippen molar-refractivity contribution in [1.29, 1.82) is 0 Å². The molecule has 0 spiro atoms. The fraction of sp³-hybridized carbons (Fsp3) is 0.286. The average Bonchev–Trinajstić information content (AvgIpc) is 2.47. The first-order valence-corrected chi connectivity index (χ1v) is 5.02. The summed E-state index contributed by atoms with van der Waals surface area (Å²) in [7, 11) is 0. The van der Waals surface area contributed by atoms with Gasteiger partial charge in [0.2, 0.25) is 5.82 Å². The van der Waals surface area contributed by atoms with E-state index >= 15 is 0 Å². The van der Waals surface area contributed by atoms with E-state index in [-0.39, 0.29) is 10.8 Å². The van der Waals surface area contributed by atoms with Crippen molar-refractivity contribution in [3.8, 4) is 0 Å². The highest BCUT2D eigenvalue weighted by molar-refractivity contribution is 9.09. The maximum Gasteiger partial charge on any atom is 0.361 e. The molecule has 0 aliphatic carbocycles. The Hall–Kier alpha value is -0.820. The highest BCUT2D eigenvalue weighted by Crippen LogP contribution is 2.33. The summed E-state index contributed by atoms with van der Waals surface area (Å²) in [5, 5.41) is 10.8. The minimum absolute atomic E-state index is 0.139. The van der Waals surface area contributed by atoms with Gasteiger partial charge in [-0.1, -0.05) is 11.6 Å². The second kappa shape index (κ2) is 3.34. The Balaban J connectivity index is 2.75. The maximum absolute atomic E-state index is 13.0. The summed E-state index contributed by atoms with van der Waals surface area (Å²) in [6, 6.07) is 1.53. The first-order chi connectivity index (χ1) is 6.89. The first kappa shape index (κ1) is 10.7. The van der Waals surface area contributed by atoms with Crippen LogP contribution in [0.3, 0.4) is 0 Å². The van der Waals surface area contributed by atoms with Gasteiger partial charge in [-0.05, 0) is 34.5 Å². The lowest BCUT2D eigenvalue weighted by Gasteiger charge is -2.05. The summed E-state index contributed by atoms with van der Waals surface area (Å²) in [6.45, 7) is 1.70. The van der Waals surface area contributed by atoms with Crippen LogP contribution in [-0.2, 0) is 4.83 Å². The van der Waals surface area contributed by atoms with Crippen LogP contribution in [0.25, 0.3) is 5.65 Å². The van der Waals surface area contributed by atoms with Crippen LogP contribution in [0.4, 0.5) is 8.78 Å². The molecule has 4 nitrogen and oxygen atoms in total. The number of nitrogens with zero attached hydrogens (tertiary/aromatic N) is 4. The summed E-state index contributed by atoms with van der Waals surface area (Å²) in [6.07, 6.45) is 0. The highest BCUT2D eigenvalue weighted by atomic mass is 79.9. The molecular weight excluding hydrogens is 293 g/mol. The molecule has 0 saturated heterocycles. The molecule has 0 atom stereocenters. The van der Waals surface area contributed by atoms with Crippen LogP contribution < -0.4 is 0 Å². The SMILES string of the molecule is Cc1cc2nnc(C(F)(F)Br)n2nc1Cl. The van der Waals surface area contributed by atoms with Crippen molar-refractivity contribution < 1.29 is 8.78 Å². The molecule has 0 radical (unpaired) electrons. The van der Waals surface area contributed by atoms with Gasteiger partial charge in [-0.2, -0.15) is 18.4 Å². The molecule has 80 valence electrons. The van der Waals surface area contributed by atoms with Gasteiger partial charge in [0, 0.05) is 0 Å². The standard InChI is InChI=1S/C7H4BrClF2N4/c1-3-2-4-12-13-6(7(8,10)11)15(4)14-5(3)9/h2H,1H3. The molecule has 0 bridgehead atoms. The summed E-state index contributed by atoms with van der Waals surface area (Å²) in [5.74, 6) is -0.598. The van der Waals surface area contributed by atoms with Crippen LogP contribution in [0.2, 0.25) is 5.15 Å². The molecule has 0 fully saturated rings. The van der Waals surface area contributed by atoms with Gasteiger partial charge >= 0.3 is 4.83 Å². The number of aromatic nitrogens is 4. The number of aryl methyl sites for hydroxylation is 1. The van der Waals surface area contributed by atoms with E-state index in [1.807, 2.05) is 0 Å². The van der Waals surface area contributed by atoms with Crippen molar-refractivity contribution in [3.05, 3.63) is 22.6 Å². The molecule has 2 heterocycles. The Morgan fingerprint density at radius 2 is 2.13 bits per heavy atom. The van der Waals surface area contributed by atoms with Gasteiger partial charge in [0.15, 0.2) is 10.8 Å². The largest absolute Gasteiger partial charge is 0.361 e. The molecule has 2 rings (SSSR count). The summed E-state index contributed by atoms with van der Waals surface area (Å²) < 4.78 is 26.8. The van der Waals surface area contributed by atoms with Crippen LogP contribution in [0, 0.1) is 6.92 Å². The molecular formula is C7H4BrClF2N4. The van der Waals surface area contributed by atoms with Gasteiger partial charge in [-0.25, -0.2) is 0 Å². The molecule has 0 aromatic carbocycles. The zero-order valence-electron chi connectivity index (χ0n) is 7.38. The van der Waals surface area contributed by atoms with Gasteiger partial charge in [0.05, 0.1) is 0 Å². The average molecular weight is 297 g/mol. The van der Waals surface area contributed by atoms with E-state index in [4.69, 9.17) is 11.6 Å². The number of rotatable bonds is 1. The summed E-state index contributed by atoms with van der Waals surface area (Å²) >= 11 is 7.91. The van der Waals surface area contributed by atoms with Crippen LogP contribution in [0.5, 0.6) is 0 Å². The smallest absolute Gasteiger partial charge is 0.189 e. The molecule has 0 unspecified atom stereocenters. The number of halogens is 4. The Morgan fingerprint density at radius 1 is 1.47 bits per heavy atom. The molecule has 0 aliphatic heterocycles. The van der Waals surface area contributed by atoms with E-state index in [0.717, 1.165) is 4.52 Å². The number of hydrogen-bond acceptors (Lipinski definition) is 3. The number of hydrogen-bond donors (Lipinski definition) is 0. The highest BCUT2D eigenvalue weighted by Gasteiger charge is 2.34. The van der Waals surface area contributed by atoms with Crippen molar-refractivity contribution in [2.24, 2.45) is 0 Å². The monoisotopic (exact) mass is 296 g/mol. The van der Waals surface area contributed by atoms with E-state index in [1.165, 1.54) is 6.07 Å². The van der Waals surface area contributed by atoms with E-state index in [0.29, 0.717) is 5.56 Å². The molecule has 2 aromatic heterocycles.